The SMILES string of the molecule is Cc1ccc2c(c1)[nH]c1c(Cl)ccnc12. The number of halogens is 1. The Morgan fingerprint density at radius 1 is 1.27 bits per heavy atom. The van der Waals surface area contributed by atoms with Gasteiger partial charge in [0.15, 0.2) is 0 Å². The van der Waals surface area contributed by atoms with Gasteiger partial charge in [-0.2, -0.15) is 0 Å². The minimum atomic E-state index is 0.717. The summed E-state index contributed by atoms with van der Waals surface area (Å²) in [5.41, 5.74) is 4.17. The van der Waals surface area contributed by atoms with Crippen molar-refractivity contribution in [1.29, 1.82) is 0 Å². The molecule has 3 rings (SSSR count). The molecule has 2 nitrogen and oxygen atoms in total. The molecule has 2 heterocycles. The van der Waals surface area contributed by atoms with E-state index < -0.39 is 0 Å². The van der Waals surface area contributed by atoms with Crippen LogP contribution in [0.2, 0.25) is 5.02 Å². The van der Waals surface area contributed by atoms with Gasteiger partial charge < -0.3 is 4.98 Å². The topological polar surface area (TPSA) is 28.7 Å². The second kappa shape index (κ2) is 2.97. The molecule has 1 N–H and O–H groups in total. The Bertz CT molecular complexity index is 655. The first-order chi connectivity index (χ1) is 7.25. The van der Waals surface area contributed by atoms with Gasteiger partial charge in [0.1, 0.15) is 0 Å². The van der Waals surface area contributed by atoms with Crippen molar-refractivity contribution in [2.45, 2.75) is 6.92 Å². The molecular formula is C12H9ClN2. The van der Waals surface area contributed by atoms with E-state index >= 15 is 0 Å². The summed E-state index contributed by atoms with van der Waals surface area (Å²) >= 11 is 6.10. The molecule has 15 heavy (non-hydrogen) atoms. The Kier molecular flexibility index (Phi) is 1.73. The lowest BCUT2D eigenvalue weighted by molar-refractivity contribution is 1.41. The quantitative estimate of drug-likeness (QED) is 0.610. The minimum Gasteiger partial charge on any atom is -0.352 e. The molecule has 1 aromatic carbocycles. The van der Waals surface area contributed by atoms with Crippen LogP contribution in [0.3, 0.4) is 0 Å². The van der Waals surface area contributed by atoms with Crippen LogP contribution in [0.15, 0.2) is 30.5 Å². The Morgan fingerprint density at radius 3 is 3.00 bits per heavy atom. The lowest BCUT2D eigenvalue weighted by Gasteiger charge is -1.92. The summed E-state index contributed by atoms with van der Waals surface area (Å²) in [4.78, 5) is 7.64. The van der Waals surface area contributed by atoms with Gasteiger partial charge in [-0.05, 0) is 24.6 Å². The van der Waals surface area contributed by atoms with Crippen molar-refractivity contribution in [3.8, 4) is 0 Å². The van der Waals surface area contributed by atoms with Crippen LogP contribution in [0.5, 0.6) is 0 Å². The van der Waals surface area contributed by atoms with E-state index in [2.05, 4.69) is 35.1 Å². The van der Waals surface area contributed by atoms with E-state index in [4.69, 9.17) is 11.6 Å². The Morgan fingerprint density at radius 2 is 2.13 bits per heavy atom. The van der Waals surface area contributed by atoms with Gasteiger partial charge in [0.2, 0.25) is 0 Å². The third-order valence-corrected chi connectivity index (χ3v) is 2.90. The third-order valence-electron chi connectivity index (χ3n) is 2.59. The Balaban J connectivity index is 2.57. The Labute approximate surface area is 91.9 Å². The van der Waals surface area contributed by atoms with Crippen LogP contribution in [-0.2, 0) is 0 Å². The van der Waals surface area contributed by atoms with E-state index in [1.165, 1.54) is 5.56 Å². The average molecular weight is 217 g/mol. The zero-order valence-electron chi connectivity index (χ0n) is 8.21. The lowest BCUT2D eigenvalue weighted by Crippen LogP contribution is -1.74. The second-order valence-electron chi connectivity index (χ2n) is 3.69. The number of H-pyrrole nitrogens is 1. The van der Waals surface area contributed by atoms with E-state index in [1.54, 1.807) is 12.3 Å². The smallest absolute Gasteiger partial charge is 0.0972 e. The van der Waals surface area contributed by atoms with Crippen LogP contribution < -0.4 is 0 Å². The fourth-order valence-corrected chi connectivity index (χ4v) is 2.06. The largest absolute Gasteiger partial charge is 0.352 e. The number of hydrogen-bond donors (Lipinski definition) is 1. The number of nitrogens with one attached hydrogen (secondary N) is 1. The summed E-state index contributed by atoms with van der Waals surface area (Å²) < 4.78 is 0. The molecule has 0 bridgehead atoms. The van der Waals surface area contributed by atoms with E-state index in [9.17, 15) is 0 Å². The predicted octanol–water partition coefficient (Wildman–Crippen LogP) is 3.68. The monoisotopic (exact) mass is 216 g/mol. The molecule has 0 saturated heterocycles. The highest BCUT2D eigenvalue weighted by Gasteiger charge is 2.07. The highest BCUT2D eigenvalue weighted by Crippen LogP contribution is 2.28. The van der Waals surface area contributed by atoms with E-state index in [0.29, 0.717) is 5.02 Å². The fourth-order valence-electron chi connectivity index (χ4n) is 1.86. The van der Waals surface area contributed by atoms with Crippen LogP contribution in [0.25, 0.3) is 21.9 Å². The maximum atomic E-state index is 6.10. The van der Waals surface area contributed by atoms with Crippen molar-refractivity contribution in [2.75, 3.05) is 0 Å². The molecule has 0 saturated carbocycles. The summed E-state index contributed by atoms with van der Waals surface area (Å²) in [5, 5.41) is 1.84. The van der Waals surface area contributed by atoms with Crippen LogP contribution in [0, 0.1) is 6.92 Å². The van der Waals surface area contributed by atoms with Crippen molar-refractivity contribution in [3.63, 3.8) is 0 Å². The molecule has 0 radical (unpaired) electrons. The highest BCUT2D eigenvalue weighted by atomic mass is 35.5. The molecule has 0 aliphatic rings. The van der Waals surface area contributed by atoms with Crippen LogP contribution in [-0.4, -0.2) is 9.97 Å². The van der Waals surface area contributed by atoms with E-state index in [1.807, 2.05) is 0 Å². The van der Waals surface area contributed by atoms with Gasteiger partial charge in [-0.15, -0.1) is 0 Å². The summed E-state index contributed by atoms with van der Waals surface area (Å²) in [6, 6.07) is 8.06. The van der Waals surface area contributed by atoms with Crippen LogP contribution in [0.1, 0.15) is 5.56 Å². The van der Waals surface area contributed by atoms with E-state index in [0.717, 1.165) is 21.9 Å². The minimum absolute atomic E-state index is 0.717. The first-order valence-electron chi connectivity index (χ1n) is 4.78. The van der Waals surface area contributed by atoms with Crippen molar-refractivity contribution >= 4 is 33.5 Å². The number of fused-ring (bicyclic) bond motifs is 3. The van der Waals surface area contributed by atoms with Gasteiger partial charge in [0, 0.05) is 17.1 Å². The number of pyridine rings is 1. The van der Waals surface area contributed by atoms with Gasteiger partial charge in [-0.3, -0.25) is 4.98 Å². The number of hydrogen-bond acceptors (Lipinski definition) is 1. The highest BCUT2D eigenvalue weighted by molar-refractivity contribution is 6.35. The number of rotatable bonds is 0. The number of aromatic amines is 1. The first-order valence-corrected chi connectivity index (χ1v) is 5.16. The van der Waals surface area contributed by atoms with E-state index in [-0.39, 0.29) is 0 Å². The first kappa shape index (κ1) is 8.74. The summed E-state index contributed by atoms with van der Waals surface area (Å²) in [6.45, 7) is 2.07. The summed E-state index contributed by atoms with van der Waals surface area (Å²) in [7, 11) is 0. The molecule has 0 unspecified atom stereocenters. The molecular weight excluding hydrogens is 208 g/mol. The second-order valence-corrected chi connectivity index (χ2v) is 4.10. The molecule has 74 valence electrons. The van der Waals surface area contributed by atoms with Gasteiger partial charge in [0.25, 0.3) is 0 Å². The fraction of sp³-hybridized carbons (Fsp3) is 0.0833. The number of nitrogens with zero attached hydrogens (tertiary/aromatic N) is 1. The number of aromatic nitrogens is 2. The standard InChI is InChI=1S/C12H9ClN2/c1-7-2-3-8-10(6-7)15-12-9(13)4-5-14-11(8)12/h2-6,15H,1H3. The maximum Gasteiger partial charge on any atom is 0.0972 e. The van der Waals surface area contributed by atoms with Gasteiger partial charge >= 0.3 is 0 Å². The molecule has 0 fully saturated rings. The molecule has 2 aromatic heterocycles. The molecule has 0 atom stereocenters. The summed E-state index contributed by atoms with van der Waals surface area (Å²) in [6.07, 6.45) is 1.73. The molecule has 3 heteroatoms. The van der Waals surface area contributed by atoms with Gasteiger partial charge in [-0.25, -0.2) is 0 Å². The van der Waals surface area contributed by atoms with Crippen molar-refractivity contribution < 1.29 is 0 Å². The summed E-state index contributed by atoms with van der Waals surface area (Å²) in [5.74, 6) is 0. The van der Waals surface area contributed by atoms with Crippen LogP contribution >= 0.6 is 11.6 Å². The molecule has 0 aliphatic heterocycles. The predicted molar refractivity (Wildman–Crippen MR) is 63.3 cm³/mol. The van der Waals surface area contributed by atoms with Crippen LogP contribution in [0.4, 0.5) is 0 Å². The van der Waals surface area contributed by atoms with Gasteiger partial charge in [0.05, 0.1) is 16.1 Å². The molecule has 0 amide bonds. The van der Waals surface area contributed by atoms with Gasteiger partial charge in [-0.1, -0.05) is 23.7 Å². The number of benzene rings is 1. The third kappa shape index (κ3) is 1.22. The zero-order chi connectivity index (χ0) is 10.4. The normalized spacial score (nSPS) is 11.3. The maximum absolute atomic E-state index is 6.10. The molecule has 0 spiro atoms. The van der Waals surface area contributed by atoms with Crippen molar-refractivity contribution in [1.82, 2.24) is 9.97 Å². The lowest BCUT2D eigenvalue weighted by atomic mass is 10.2. The van der Waals surface area contributed by atoms with Crippen molar-refractivity contribution in [3.05, 3.63) is 41.0 Å². The zero-order valence-corrected chi connectivity index (χ0v) is 8.97. The molecule has 3 aromatic rings. The number of aryl methyl sites for hydroxylation is 1. The Hall–Kier alpha value is -1.54. The average Bonchev–Trinajstić information content (AvgIpc) is 2.57. The molecule has 0 aliphatic carbocycles. The van der Waals surface area contributed by atoms with Crippen molar-refractivity contribution in [2.24, 2.45) is 0 Å².